The molecule has 0 aromatic heterocycles. The fourth-order valence-corrected chi connectivity index (χ4v) is 2.14. The van der Waals surface area contributed by atoms with Gasteiger partial charge in [0.25, 0.3) is 10.1 Å². The van der Waals surface area contributed by atoms with Gasteiger partial charge in [-0.2, -0.15) is 8.42 Å². The minimum absolute atomic E-state index is 0.0515. The van der Waals surface area contributed by atoms with E-state index in [0.717, 1.165) is 44.2 Å². The molecule has 5 heteroatoms. The molecule has 0 aliphatic rings. The van der Waals surface area contributed by atoms with Gasteiger partial charge in [-0.15, -0.1) is 0 Å². The summed E-state index contributed by atoms with van der Waals surface area (Å²) in [6.07, 6.45) is 5.33. The van der Waals surface area contributed by atoms with Crippen molar-refractivity contribution in [2.24, 2.45) is 5.73 Å². The van der Waals surface area contributed by atoms with Crippen molar-refractivity contribution in [2.75, 3.05) is 6.54 Å². The lowest BCUT2D eigenvalue weighted by Crippen LogP contribution is -1.98. The van der Waals surface area contributed by atoms with Crippen LogP contribution in [0.15, 0.2) is 29.2 Å². The summed E-state index contributed by atoms with van der Waals surface area (Å²) >= 11 is 0. The molecule has 3 N–H and O–H groups in total. The largest absolute Gasteiger partial charge is 0.330 e. The number of hydrogen-bond acceptors (Lipinski definition) is 3. The molecule has 0 saturated heterocycles. The molecule has 1 aromatic carbocycles. The lowest BCUT2D eigenvalue weighted by molar-refractivity contribution is 0.483. The Labute approximate surface area is 103 Å². The summed E-state index contributed by atoms with van der Waals surface area (Å²) in [7, 11) is -4.07. The molecule has 0 heterocycles. The van der Waals surface area contributed by atoms with E-state index in [1.165, 1.54) is 12.1 Å². The Hall–Kier alpha value is -0.910. The minimum atomic E-state index is -4.07. The first kappa shape index (κ1) is 14.2. The predicted molar refractivity (Wildman–Crippen MR) is 67.5 cm³/mol. The van der Waals surface area contributed by atoms with Crippen LogP contribution in [0.5, 0.6) is 0 Å². The van der Waals surface area contributed by atoms with Crippen molar-refractivity contribution in [2.45, 2.75) is 37.0 Å². The van der Waals surface area contributed by atoms with Crippen LogP contribution in [0.2, 0.25) is 0 Å². The summed E-state index contributed by atoms with van der Waals surface area (Å²) in [5, 5.41) is 0. The van der Waals surface area contributed by atoms with Crippen LogP contribution >= 0.6 is 0 Å². The van der Waals surface area contributed by atoms with Gasteiger partial charge in [0.2, 0.25) is 0 Å². The Balaban J connectivity index is 2.41. The van der Waals surface area contributed by atoms with E-state index in [4.69, 9.17) is 10.3 Å². The summed E-state index contributed by atoms with van der Waals surface area (Å²) in [6.45, 7) is 0.739. The van der Waals surface area contributed by atoms with Crippen molar-refractivity contribution < 1.29 is 13.0 Å². The lowest BCUT2D eigenvalue weighted by atomic mass is 10.1. The first-order chi connectivity index (χ1) is 8.04. The highest BCUT2D eigenvalue weighted by Crippen LogP contribution is 2.12. The Bertz CT molecular complexity index is 426. The molecule has 0 bridgehead atoms. The first-order valence-electron chi connectivity index (χ1n) is 5.80. The summed E-state index contributed by atoms with van der Waals surface area (Å²) in [4.78, 5) is -0.0515. The van der Waals surface area contributed by atoms with Gasteiger partial charge in [-0.05, 0) is 43.5 Å². The standard InChI is InChI=1S/C12H19NO3S/c13-10-4-2-1-3-5-11-6-8-12(9-7-11)17(14,15)16/h6-9H,1-5,10,13H2,(H,14,15,16). The third-order valence-corrected chi connectivity index (χ3v) is 3.51. The van der Waals surface area contributed by atoms with Gasteiger partial charge in [0.1, 0.15) is 0 Å². The highest BCUT2D eigenvalue weighted by Gasteiger charge is 2.07. The predicted octanol–water partition coefficient (Wildman–Crippen LogP) is 1.99. The van der Waals surface area contributed by atoms with Gasteiger partial charge in [0.05, 0.1) is 4.90 Å². The van der Waals surface area contributed by atoms with Gasteiger partial charge < -0.3 is 5.73 Å². The molecular weight excluding hydrogens is 238 g/mol. The summed E-state index contributed by atoms with van der Waals surface area (Å²) in [5.41, 5.74) is 6.49. The number of hydrogen-bond donors (Lipinski definition) is 2. The van der Waals surface area contributed by atoms with Gasteiger partial charge in [0, 0.05) is 0 Å². The van der Waals surface area contributed by atoms with E-state index in [9.17, 15) is 8.42 Å². The molecular formula is C12H19NO3S. The van der Waals surface area contributed by atoms with Crippen LogP contribution in [-0.4, -0.2) is 19.5 Å². The molecule has 0 aliphatic carbocycles. The van der Waals surface area contributed by atoms with Crippen LogP contribution in [0.4, 0.5) is 0 Å². The second-order valence-electron chi connectivity index (χ2n) is 4.07. The van der Waals surface area contributed by atoms with E-state index < -0.39 is 10.1 Å². The Morgan fingerprint density at radius 1 is 1.00 bits per heavy atom. The molecule has 0 fully saturated rings. The monoisotopic (exact) mass is 257 g/mol. The first-order valence-corrected chi connectivity index (χ1v) is 7.24. The molecule has 0 spiro atoms. The van der Waals surface area contributed by atoms with Crippen molar-refractivity contribution in [3.05, 3.63) is 29.8 Å². The number of benzene rings is 1. The minimum Gasteiger partial charge on any atom is -0.330 e. The Morgan fingerprint density at radius 3 is 2.12 bits per heavy atom. The van der Waals surface area contributed by atoms with Crippen LogP contribution in [0, 0.1) is 0 Å². The summed E-state index contributed by atoms with van der Waals surface area (Å²) in [5.74, 6) is 0. The number of aryl methyl sites for hydroxylation is 1. The lowest BCUT2D eigenvalue weighted by Gasteiger charge is -2.02. The van der Waals surface area contributed by atoms with E-state index in [2.05, 4.69) is 0 Å². The Morgan fingerprint density at radius 2 is 1.59 bits per heavy atom. The van der Waals surface area contributed by atoms with E-state index >= 15 is 0 Å². The maximum Gasteiger partial charge on any atom is 0.294 e. The van der Waals surface area contributed by atoms with Crippen LogP contribution in [-0.2, 0) is 16.5 Å². The second-order valence-corrected chi connectivity index (χ2v) is 5.49. The third kappa shape index (κ3) is 5.30. The molecule has 0 aliphatic heterocycles. The normalized spacial score (nSPS) is 11.6. The maximum atomic E-state index is 10.8. The Kier molecular flexibility index (Phi) is 5.61. The average Bonchev–Trinajstić information content (AvgIpc) is 2.28. The number of nitrogens with two attached hydrogens (primary N) is 1. The van der Waals surface area contributed by atoms with E-state index in [0.29, 0.717) is 0 Å². The van der Waals surface area contributed by atoms with E-state index in [1.807, 2.05) is 0 Å². The van der Waals surface area contributed by atoms with Gasteiger partial charge in [0.15, 0.2) is 0 Å². The van der Waals surface area contributed by atoms with Crippen LogP contribution in [0.25, 0.3) is 0 Å². The van der Waals surface area contributed by atoms with Crippen molar-refractivity contribution >= 4 is 10.1 Å². The highest BCUT2D eigenvalue weighted by atomic mass is 32.2. The zero-order chi connectivity index (χ0) is 12.7. The molecule has 0 amide bonds. The van der Waals surface area contributed by atoms with Crippen LogP contribution in [0.1, 0.15) is 31.2 Å². The van der Waals surface area contributed by atoms with Gasteiger partial charge >= 0.3 is 0 Å². The van der Waals surface area contributed by atoms with Crippen molar-refractivity contribution in [3.8, 4) is 0 Å². The number of rotatable bonds is 7. The average molecular weight is 257 g/mol. The molecule has 1 rings (SSSR count). The molecule has 1 aromatic rings. The molecule has 0 atom stereocenters. The molecule has 0 saturated carbocycles. The number of unbranched alkanes of at least 4 members (excludes halogenated alkanes) is 3. The molecule has 0 radical (unpaired) electrons. The van der Waals surface area contributed by atoms with Crippen molar-refractivity contribution in [3.63, 3.8) is 0 Å². The van der Waals surface area contributed by atoms with E-state index in [1.54, 1.807) is 12.1 Å². The van der Waals surface area contributed by atoms with Crippen LogP contribution in [0.3, 0.4) is 0 Å². The smallest absolute Gasteiger partial charge is 0.294 e. The second kappa shape index (κ2) is 6.74. The van der Waals surface area contributed by atoms with Crippen LogP contribution < -0.4 is 5.73 Å². The quantitative estimate of drug-likeness (QED) is 0.578. The zero-order valence-corrected chi connectivity index (χ0v) is 10.6. The van der Waals surface area contributed by atoms with E-state index in [-0.39, 0.29) is 4.90 Å². The summed E-state index contributed by atoms with van der Waals surface area (Å²) < 4.78 is 30.5. The van der Waals surface area contributed by atoms with Crippen molar-refractivity contribution in [1.82, 2.24) is 0 Å². The topological polar surface area (TPSA) is 80.4 Å². The fraction of sp³-hybridized carbons (Fsp3) is 0.500. The van der Waals surface area contributed by atoms with Gasteiger partial charge in [-0.25, -0.2) is 0 Å². The molecule has 4 nitrogen and oxygen atoms in total. The maximum absolute atomic E-state index is 10.8. The molecule has 0 unspecified atom stereocenters. The third-order valence-electron chi connectivity index (χ3n) is 2.64. The zero-order valence-electron chi connectivity index (χ0n) is 9.80. The highest BCUT2D eigenvalue weighted by molar-refractivity contribution is 7.85. The van der Waals surface area contributed by atoms with Crippen molar-refractivity contribution in [1.29, 1.82) is 0 Å². The SMILES string of the molecule is NCCCCCCc1ccc(S(=O)(=O)O)cc1. The van der Waals surface area contributed by atoms with Gasteiger partial charge in [-0.1, -0.05) is 25.0 Å². The summed E-state index contributed by atoms with van der Waals surface area (Å²) in [6, 6.07) is 6.35. The molecule has 17 heavy (non-hydrogen) atoms. The molecule has 96 valence electrons. The van der Waals surface area contributed by atoms with Gasteiger partial charge in [-0.3, -0.25) is 4.55 Å². The fourth-order valence-electron chi connectivity index (χ4n) is 1.66.